The lowest BCUT2D eigenvalue weighted by atomic mass is 9.78. The summed E-state index contributed by atoms with van der Waals surface area (Å²) >= 11 is 0. The molecule has 0 rings (SSSR count). The molecule has 0 aromatic rings. The van der Waals surface area contributed by atoms with Gasteiger partial charge in [0.05, 0.1) is 5.60 Å². The van der Waals surface area contributed by atoms with Crippen molar-refractivity contribution in [1.82, 2.24) is 6.15 Å². The minimum atomic E-state index is -4.40. The molecule has 0 heterocycles. The molecule has 1 unspecified atom stereocenters. The summed E-state index contributed by atoms with van der Waals surface area (Å²) in [6, 6.07) is 0. The van der Waals surface area contributed by atoms with Gasteiger partial charge < -0.3 is 6.15 Å². The standard InChI is InChI=1S/C14H30O4S.H3N/c1-5-9-10-11-12-13(6-2)14(7-3,8-4)18-19(15,16)17;/h13H,5-12H2,1-4H3,(H,15,16,17);1H3. The summed E-state index contributed by atoms with van der Waals surface area (Å²) < 4.78 is 36.3. The molecule has 5 nitrogen and oxygen atoms in total. The SMILES string of the molecule is CCCCCCC(CC)C(CC)(CC)OS(=O)(=O)O.N. The largest absolute Gasteiger partial charge is 0.397 e. The van der Waals surface area contributed by atoms with Gasteiger partial charge in [0.15, 0.2) is 0 Å². The van der Waals surface area contributed by atoms with Crippen molar-refractivity contribution >= 4 is 10.4 Å². The van der Waals surface area contributed by atoms with Gasteiger partial charge in [0.2, 0.25) is 0 Å². The van der Waals surface area contributed by atoms with E-state index in [4.69, 9.17) is 8.74 Å². The van der Waals surface area contributed by atoms with Crippen LogP contribution in [0.15, 0.2) is 0 Å². The summed E-state index contributed by atoms with van der Waals surface area (Å²) in [5.41, 5.74) is -0.755. The first-order chi connectivity index (χ1) is 8.85. The van der Waals surface area contributed by atoms with Crippen molar-refractivity contribution in [2.24, 2.45) is 5.92 Å². The van der Waals surface area contributed by atoms with Crippen molar-refractivity contribution in [2.75, 3.05) is 0 Å². The summed E-state index contributed by atoms with van der Waals surface area (Å²) in [6.45, 7) is 8.06. The van der Waals surface area contributed by atoms with E-state index in [2.05, 4.69) is 13.8 Å². The van der Waals surface area contributed by atoms with Gasteiger partial charge in [0.25, 0.3) is 0 Å². The Morgan fingerprint density at radius 2 is 1.60 bits per heavy atom. The Morgan fingerprint density at radius 1 is 1.05 bits per heavy atom. The monoisotopic (exact) mass is 311 g/mol. The molecule has 0 spiro atoms. The number of hydrogen-bond donors (Lipinski definition) is 2. The minimum absolute atomic E-state index is 0. The summed E-state index contributed by atoms with van der Waals surface area (Å²) in [5, 5.41) is 0. The molecule has 0 saturated heterocycles. The van der Waals surface area contributed by atoms with E-state index in [1.807, 2.05) is 13.8 Å². The molecule has 0 aliphatic rings. The fourth-order valence-electron chi connectivity index (χ4n) is 2.88. The van der Waals surface area contributed by atoms with Gasteiger partial charge in [0.1, 0.15) is 0 Å². The highest BCUT2D eigenvalue weighted by atomic mass is 32.3. The number of rotatable bonds is 11. The van der Waals surface area contributed by atoms with Crippen molar-refractivity contribution in [3.05, 3.63) is 0 Å². The van der Waals surface area contributed by atoms with Gasteiger partial charge in [-0.05, 0) is 25.2 Å². The summed E-state index contributed by atoms with van der Waals surface area (Å²) in [5.74, 6) is 0.168. The Balaban J connectivity index is 0. The van der Waals surface area contributed by atoms with Gasteiger partial charge in [-0.3, -0.25) is 4.55 Å². The highest BCUT2D eigenvalue weighted by Gasteiger charge is 2.39. The molecule has 6 heteroatoms. The zero-order valence-corrected chi connectivity index (χ0v) is 14.3. The molecule has 20 heavy (non-hydrogen) atoms. The van der Waals surface area contributed by atoms with Crippen LogP contribution < -0.4 is 6.15 Å². The van der Waals surface area contributed by atoms with E-state index in [0.29, 0.717) is 12.8 Å². The molecule has 0 aromatic heterocycles. The Kier molecular flexibility index (Phi) is 11.7. The van der Waals surface area contributed by atoms with E-state index in [1.165, 1.54) is 19.3 Å². The normalized spacial score (nSPS) is 13.8. The highest BCUT2D eigenvalue weighted by molar-refractivity contribution is 7.80. The van der Waals surface area contributed by atoms with Crippen LogP contribution in [0.2, 0.25) is 0 Å². The quantitative estimate of drug-likeness (QED) is 0.431. The number of unbranched alkanes of at least 4 members (excludes halogenated alkanes) is 3. The molecule has 0 radical (unpaired) electrons. The Morgan fingerprint density at radius 3 is 1.95 bits per heavy atom. The summed E-state index contributed by atoms with van der Waals surface area (Å²) in [7, 11) is -4.40. The molecule has 0 fully saturated rings. The average Bonchev–Trinajstić information content (AvgIpc) is 2.35. The van der Waals surface area contributed by atoms with Crippen LogP contribution >= 0.6 is 0 Å². The van der Waals surface area contributed by atoms with E-state index in [0.717, 1.165) is 19.3 Å². The van der Waals surface area contributed by atoms with Gasteiger partial charge in [0, 0.05) is 0 Å². The summed E-state index contributed by atoms with van der Waals surface area (Å²) in [6.07, 6.45) is 7.65. The molecular formula is C14H33NO4S. The third kappa shape index (κ3) is 7.57. The first-order valence-electron chi connectivity index (χ1n) is 7.53. The molecule has 0 aromatic carbocycles. The second kappa shape index (κ2) is 10.5. The Labute approximate surface area is 125 Å². The zero-order chi connectivity index (χ0) is 14.9. The van der Waals surface area contributed by atoms with Gasteiger partial charge >= 0.3 is 10.4 Å². The molecule has 0 aliphatic heterocycles. The smallest absolute Gasteiger partial charge is 0.344 e. The third-order valence-electron chi connectivity index (χ3n) is 4.11. The van der Waals surface area contributed by atoms with Crippen LogP contribution in [0, 0.1) is 5.92 Å². The lowest BCUT2D eigenvalue weighted by molar-refractivity contribution is -0.00969. The average molecular weight is 311 g/mol. The fraction of sp³-hybridized carbons (Fsp3) is 1.00. The molecule has 124 valence electrons. The van der Waals surface area contributed by atoms with E-state index in [1.54, 1.807) is 0 Å². The van der Waals surface area contributed by atoms with Crippen LogP contribution in [0.3, 0.4) is 0 Å². The summed E-state index contributed by atoms with van der Waals surface area (Å²) in [4.78, 5) is 0. The molecule has 1 atom stereocenters. The Bertz CT molecular complexity index is 326. The second-order valence-corrected chi connectivity index (χ2v) is 6.26. The molecule has 4 N–H and O–H groups in total. The number of hydrogen-bond acceptors (Lipinski definition) is 4. The van der Waals surface area contributed by atoms with Crippen LogP contribution in [0.1, 0.15) is 79.1 Å². The van der Waals surface area contributed by atoms with Crippen molar-refractivity contribution in [2.45, 2.75) is 84.7 Å². The van der Waals surface area contributed by atoms with Crippen LogP contribution in [-0.4, -0.2) is 18.6 Å². The maximum absolute atomic E-state index is 11.1. The van der Waals surface area contributed by atoms with Gasteiger partial charge in [-0.15, -0.1) is 0 Å². The zero-order valence-electron chi connectivity index (χ0n) is 13.5. The maximum Gasteiger partial charge on any atom is 0.397 e. The van der Waals surface area contributed by atoms with Crippen LogP contribution in [0.5, 0.6) is 0 Å². The lowest BCUT2D eigenvalue weighted by Crippen LogP contribution is -2.41. The predicted octanol–water partition coefficient (Wildman–Crippen LogP) is 4.52. The van der Waals surface area contributed by atoms with Crippen molar-refractivity contribution < 1.29 is 17.2 Å². The molecule has 0 amide bonds. The first kappa shape index (κ1) is 22.1. The van der Waals surface area contributed by atoms with Gasteiger partial charge in [-0.2, -0.15) is 8.42 Å². The predicted molar refractivity (Wildman–Crippen MR) is 83.5 cm³/mol. The molecular weight excluding hydrogens is 278 g/mol. The van der Waals surface area contributed by atoms with E-state index >= 15 is 0 Å². The second-order valence-electron chi connectivity index (χ2n) is 5.24. The van der Waals surface area contributed by atoms with Gasteiger partial charge in [-0.1, -0.05) is 59.8 Å². The molecule has 0 aliphatic carbocycles. The van der Waals surface area contributed by atoms with E-state index in [9.17, 15) is 8.42 Å². The van der Waals surface area contributed by atoms with Crippen molar-refractivity contribution in [1.29, 1.82) is 0 Å². The highest BCUT2D eigenvalue weighted by Crippen LogP contribution is 2.36. The molecule has 0 saturated carbocycles. The van der Waals surface area contributed by atoms with Crippen LogP contribution in [0.4, 0.5) is 0 Å². The minimum Gasteiger partial charge on any atom is -0.344 e. The Hall–Kier alpha value is -0.170. The van der Waals surface area contributed by atoms with Crippen molar-refractivity contribution in [3.63, 3.8) is 0 Å². The first-order valence-corrected chi connectivity index (χ1v) is 8.89. The maximum atomic E-state index is 11.1. The van der Waals surface area contributed by atoms with Crippen LogP contribution in [-0.2, 0) is 14.6 Å². The topological polar surface area (TPSA) is 98.6 Å². The molecule has 0 bridgehead atoms. The van der Waals surface area contributed by atoms with Crippen molar-refractivity contribution in [3.8, 4) is 0 Å². The van der Waals surface area contributed by atoms with Gasteiger partial charge in [-0.25, -0.2) is 4.18 Å². The van der Waals surface area contributed by atoms with Crippen LogP contribution in [0.25, 0.3) is 0 Å². The van der Waals surface area contributed by atoms with E-state index < -0.39 is 16.0 Å². The third-order valence-corrected chi connectivity index (χ3v) is 4.65. The fourth-order valence-corrected chi connectivity index (χ4v) is 3.67. The lowest BCUT2D eigenvalue weighted by Gasteiger charge is -2.37. The van der Waals surface area contributed by atoms with E-state index in [-0.39, 0.29) is 12.1 Å².